The lowest BCUT2D eigenvalue weighted by molar-refractivity contribution is 0.171. The maximum Gasteiger partial charge on any atom is 0.0512 e. The van der Waals surface area contributed by atoms with Gasteiger partial charge in [0, 0.05) is 13.7 Å². The van der Waals surface area contributed by atoms with Gasteiger partial charge in [-0.1, -0.05) is 12.8 Å². The van der Waals surface area contributed by atoms with Crippen LogP contribution in [0.3, 0.4) is 0 Å². The summed E-state index contributed by atoms with van der Waals surface area (Å²) in [6.45, 7) is 2.68. The molecule has 0 amide bonds. The number of ether oxygens (including phenoxy) is 1. The third kappa shape index (κ3) is 7.92. The summed E-state index contributed by atoms with van der Waals surface area (Å²) in [6, 6.07) is 0. The van der Waals surface area contributed by atoms with E-state index in [1.807, 2.05) is 6.92 Å². The third-order valence-corrected chi connectivity index (χ3v) is 1.47. The predicted molar refractivity (Wildman–Crippen MR) is 42.0 cm³/mol. The first-order valence-corrected chi connectivity index (χ1v) is 3.94. The zero-order valence-corrected chi connectivity index (χ0v) is 6.97. The van der Waals surface area contributed by atoms with E-state index < -0.39 is 0 Å². The Bertz CT molecular complexity index is 62.3. The molecule has 1 N–H and O–H groups in total. The Morgan fingerprint density at radius 2 is 2.00 bits per heavy atom. The van der Waals surface area contributed by atoms with Gasteiger partial charge >= 0.3 is 0 Å². The summed E-state index contributed by atoms with van der Waals surface area (Å²) in [4.78, 5) is 0. The molecular formula is C8H18O2. The summed E-state index contributed by atoms with van der Waals surface area (Å²) in [7, 11) is 1.72. The number of hydrogen-bond donors (Lipinski definition) is 1. The maximum atomic E-state index is 8.88. The fourth-order valence-corrected chi connectivity index (χ4v) is 0.863. The van der Waals surface area contributed by atoms with Crippen molar-refractivity contribution in [3.8, 4) is 0 Å². The number of hydrogen-bond acceptors (Lipinski definition) is 2. The van der Waals surface area contributed by atoms with E-state index in [0.717, 1.165) is 25.9 Å². The van der Waals surface area contributed by atoms with E-state index in [4.69, 9.17) is 9.84 Å². The first-order valence-electron chi connectivity index (χ1n) is 3.94. The van der Waals surface area contributed by atoms with Gasteiger partial charge in [-0.2, -0.15) is 0 Å². The molecule has 1 atom stereocenters. The van der Waals surface area contributed by atoms with Crippen molar-refractivity contribution in [1.82, 2.24) is 0 Å². The molecule has 10 heavy (non-hydrogen) atoms. The van der Waals surface area contributed by atoms with Gasteiger partial charge in [0.25, 0.3) is 0 Å². The third-order valence-electron chi connectivity index (χ3n) is 1.47. The molecule has 0 saturated heterocycles. The molecule has 0 aliphatic heterocycles. The Hall–Kier alpha value is -0.0800. The van der Waals surface area contributed by atoms with Gasteiger partial charge in [0.05, 0.1) is 6.10 Å². The number of unbranched alkanes of at least 4 members (excludes halogenated alkanes) is 2. The van der Waals surface area contributed by atoms with Gasteiger partial charge in [-0.3, -0.25) is 0 Å². The Kier molecular flexibility index (Phi) is 6.98. The van der Waals surface area contributed by atoms with Crippen LogP contribution in [0.4, 0.5) is 0 Å². The standard InChI is InChI=1S/C8H18O2/c1-8(9)6-4-3-5-7-10-2/h8-9H,3-7H2,1-2H3. The summed E-state index contributed by atoms with van der Waals surface area (Å²) < 4.78 is 4.89. The predicted octanol–water partition coefficient (Wildman–Crippen LogP) is 1.57. The van der Waals surface area contributed by atoms with Crippen LogP contribution in [0.1, 0.15) is 32.6 Å². The van der Waals surface area contributed by atoms with Crippen molar-refractivity contribution in [1.29, 1.82) is 0 Å². The average molecular weight is 146 g/mol. The zero-order chi connectivity index (χ0) is 7.82. The Morgan fingerprint density at radius 3 is 2.50 bits per heavy atom. The van der Waals surface area contributed by atoms with Crippen LogP contribution < -0.4 is 0 Å². The molecule has 0 saturated carbocycles. The smallest absolute Gasteiger partial charge is 0.0512 e. The van der Waals surface area contributed by atoms with Crippen LogP contribution in [0, 0.1) is 0 Å². The van der Waals surface area contributed by atoms with Gasteiger partial charge in [-0.25, -0.2) is 0 Å². The van der Waals surface area contributed by atoms with Crippen LogP contribution in [0.2, 0.25) is 0 Å². The van der Waals surface area contributed by atoms with Crippen LogP contribution >= 0.6 is 0 Å². The number of methoxy groups -OCH3 is 1. The van der Waals surface area contributed by atoms with Gasteiger partial charge in [0.15, 0.2) is 0 Å². The first kappa shape index (κ1) is 9.92. The summed E-state index contributed by atoms with van der Waals surface area (Å²) in [5.74, 6) is 0. The molecule has 0 fully saturated rings. The Balaban J connectivity index is 2.77. The first-order chi connectivity index (χ1) is 4.77. The minimum atomic E-state index is -0.137. The second-order valence-corrected chi connectivity index (χ2v) is 2.69. The highest BCUT2D eigenvalue weighted by molar-refractivity contribution is 4.47. The number of aliphatic hydroxyl groups is 1. The molecule has 0 bridgehead atoms. The van der Waals surface area contributed by atoms with E-state index in [1.54, 1.807) is 7.11 Å². The molecule has 2 nitrogen and oxygen atoms in total. The molecular weight excluding hydrogens is 128 g/mol. The Morgan fingerprint density at radius 1 is 1.30 bits per heavy atom. The monoisotopic (exact) mass is 146 g/mol. The largest absolute Gasteiger partial charge is 0.393 e. The van der Waals surface area contributed by atoms with Gasteiger partial charge in [0.2, 0.25) is 0 Å². The van der Waals surface area contributed by atoms with Gasteiger partial charge in [-0.15, -0.1) is 0 Å². The molecule has 0 aliphatic rings. The molecule has 0 radical (unpaired) electrons. The second kappa shape index (κ2) is 7.03. The van der Waals surface area contributed by atoms with Crippen molar-refractivity contribution in [2.24, 2.45) is 0 Å². The van der Waals surface area contributed by atoms with Crippen LogP contribution in [0.25, 0.3) is 0 Å². The summed E-state index contributed by atoms with van der Waals surface area (Å²) in [6.07, 6.45) is 4.18. The van der Waals surface area contributed by atoms with Gasteiger partial charge in [0.1, 0.15) is 0 Å². The molecule has 0 rings (SSSR count). The summed E-state index contributed by atoms with van der Waals surface area (Å²) >= 11 is 0. The molecule has 62 valence electrons. The fraction of sp³-hybridized carbons (Fsp3) is 1.00. The van der Waals surface area contributed by atoms with E-state index in [0.29, 0.717) is 0 Å². The molecule has 0 heterocycles. The van der Waals surface area contributed by atoms with E-state index in [9.17, 15) is 0 Å². The highest BCUT2D eigenvalue weighted by atomic mass is 16.5. The van der Waals surface area contributed by atoms with Crippen LogP contribution in [-0.4, -0.2) is 24.9 Å². The number of rotatable bonds is 6. The lowest BCUT2D eigenvalue weighted by Crippen LogP contribution is -1.98. The van der Waals surface area contributed by atoms with Crippen LogP contribution in [-0.2, 0) is 4.74 Å². The maximum absolute atomic E-state index is 8.88. The van der Waals surface area contributed by atoms with Crippen molar-refractivity contribution < 1.29 is 9.84 Å². The Labute approximate surface area is 63.2 Å². The van der Waals surface area contributed by atoms with Crippen molar-refractivity contribution in [3.63, 3.8) is 0 Å². The van der Waals surface area contributed by atoms with Crippen molar-refractivity contribution >= 4 is 0 Å². The lowest BCUT2D eigenvalue weighted by atomic mass is 10.1. The molecule has 0 aromatic carbocycles. The topological polar surface area (TPSA) is 29.5 Å². The second-order valence-electron chi connectivity index (χ2n) is 2.69. The summed E-state index contributed by atoms with van der Waals surface area (Å²) in [5, 5.41) is 8.88. The quantitative estimate of drug-likeness (QED) is 0.576. The SMILES string of the molecule is COCCCCCC(C)O. The molecule has 0 aromatic heterocycles. The van der Waals surface area contributed by atoms with Crippen molar-refractivity contribution in [2.75, 3.05) is 13.7 Å². The molecule has 0 spiro atoms. The minimum absolute atomic E-state index is 0.137. The summed E-state index contributed by atoms with van der Waals surface area (Å²) in [5.41, 5.74) is 0. The molecule has 0 aliphatic carbocycles. The van der Waals surface area contributed by atoms with Crippen molar-refractivity contribution in [3.05, 3.63) is 0 Å². The van der Waals surface area contributed by atoms with E-state index in [-0.39, 0.29) is 6.10 Å². The van der Waals surface area contributed by atoms with E-state index in [2.05, 4.69) is 0 Å². The molecule has 1 unspecified atom stereocenters. The van der Waals surface area contributed by atoms with Crippen LogP contribution in [0.15, 0.2) is 0 Å². The molecule has 2 heteroatoms. The normalized spacial score (nSPS) is 13.5. The van der Waals surface area contributed by atoms with Gasteiger partial charge in [-0.05, 0) is 19.8 Å². The lowest BCUT2D eigenvalue weighted by Gasteiger charge is -2.02. The zero-order valence-electron chi connectivity index (χ0n) is 6.97. The van der Waals surface area contributed by atoms with Crippen LogP contribution in [0.5, 0.6) is 0 Å². The van der Waals surface area contributed by atoms with E-state index in [1.165, 1.54) is 6.42 Å². The minimum Gasteiger partial charge on any atom is -0.393 e. The highest BCUT2D eigenvalue weighted by Crippen LogP contribution is 2.02. The van der Waals surface area contributed by atoms with Gasteiger partial charge < -0.3 is 9.84 Å². The van der Waals surface area contributed by atoms with Crippen molar-refractivity contribution in [2.45, 2.75) is 38.7 Å². The highest BCUT2D eigenvalue weighted by Gasteiger charge is 1.94. The average Bonchev–Trinajstić information content (AvgIpc) is 1.87. The van der Waals surface area contributed by atoms with E-state index >= 15 is 0 Å². The molecule has 0 aromatic rings. The fourth-order valence-electron chi connectivity index (χ4n) is 0.863. The number of aliphatic hydroxyl groups excluding tert-OH is 1.